The maximum Gasteiger partial charge on any atom is 0.225 e. The van der Waals surface area contributed by atoms with Crippen LogP contribution in [0.5, 0.6) is 0 Å². The molecule has 2 saturated heterocycles. The highest BCUT2D eigenvalue weighted by molar-refractivity contribution is 5.79. The predicted molar refractivity (Wildman–Crippen MR) is 73.2 cm³/mol. The molecule has 0 aromatic rings. The molecular weight excluding hydrogens is 226 g/mol. The van der Waals surface area contributed by atoms with E-state index in [1.54, 1.807) is 0 Å². The van der Waals surface area contributed by atoms with Gasteiger partial charge in [-0.25, -0.2) is 0 Å². The van der Waals surface area contributed by atoms with Gasteiger partial charge in [-0.1, -0.05) is 13.3 Å². The molecule has 18 heavy (non-hydrogen) atoms. The number of hydrogen-bond donors (Lipinski definition) is 1. The third-order valence-electron chi connectivity index (χ3n) is 4.71. The average molecular weight is 253 g/mol. The summed E-state index contributed by atoms with van der Waals surface area (Å²) in [6, 6.07) is 0.180. The second-order valence-corrected chi connectivity index (χ2v) is 5.98. The number of rotatable bonds is 2. The Hall–Kier alpha value is -0.610. The number of hydrogen-bond acceptors (Lipinski definition) is 3. The van der Waals surface area contributed by atoms with Crippen molar-refractivity contribution in [3.05, 3.63) is 0 Å². The molecule has 104 valence electrons. The molecule has 0 spiro atoms. The summed E-state index contributed by atoms with van der Waals surface area (Å²) in [5.41, 5.74) is 6.17. The lowest BCUT2D eigenvalue weighted by molar-refractivity contribution is -0.138. The van der Waals surface area contributed by atoms with Crippen LogP contribution in [-0.2, 0) is 4.79 Å². The lowest BCUT2D eigenvalue weighted by Gasteiger charge is -2.39. The van der Waals surface area contributed by atoms with Crippen molar-refractivity contribution < 1.29 is 4.79 Å². The number of likely N-dealkylation sites (tertiary alicyclic amines) is 2. The van der Waals surface area contributed by atoms with Crippen molar-refractivity contribution in [2.24, 2.45) is 17.6 Å². The van der Waals surface area contributed by atoms with Crippen molar-refractivity contribution in [3.8, 4) is 0 Å². The van der Waals surface area contributed by atoms with Gasteiger partial charge < -0.3 is 15.5 Å². The van der Waals surface area contributed by atoms with Gasteiger partial charge in [-0.3, -0.25) is 4.79 Å². The molecule has 0 saturated carbocycles. The zero-order valence-electron chi connectivity index (χ0n) is 11.8. The molecule has 0 bridgehead atoms. The quantitative estimate of drug-likeness (QED) is 0.796. The Bertz CT molecular complexity index is 287. The minimum absolute atomic E-state index is 0.180. The van der Waals surface area contributed by atoms with Crippen LogP contribution in [0.1, 0.15) is 32.6 Å². The van der Waals surface area contributed by atoms with Crippen LogP contribution in [0.4, 0.5) is 0 Å². The smallest absolute Gasteiger partial charge is 0.225 e. The molecule has 2 fully saturated rings. The van der Waals surface area contributed by atoms with Gasteiger partial charge in [0.1, 0.15) is 0 Å². The molecule has 2 unspecified atom stereocenters. The molecule has 0 radical (unpaired) electrons. The summed E-state index contributed by atoms with van der Waals surface area (Å²) in [6.45, 7) is 5.97. The zero-order valence-corrected chi connectivity index (χ0v) is 11.8. The number of amides is 1. The standard InChI is InChI=1S/C14H27N3O/c1-3-11-6-9-17(10-13(11)15)14(18)12-4-7-16(2)8-5-12/h11-13H,3-10,15H2,1-2H3. The van der Waals surface area contributed by atoms with E-state index >= 15 is 0 Å². The lowest BCUT2D eigenvalue weighted by atomic mass is 9.88. The van der Waals surface area contributed by atoms with Crippen LogP contribution in [0.2, 0.25) is 0 Å². The molecule has 2 rings (SSSR count). The van der Waals surface area contributed by atoms with Gasteiger partial charge in [0, 0.05) is 25.0 Å². The van der Waals surface area contributed by atoms with Crippen LogP contribution in [0.25, 0.3) is 0 Å². The predicted octanol–water partition coefficient (Wildman–Crippen LogP) is 0.914. The van der Waals surface area contributed by atoms with E-state index in [1.165, 1.54) is 0 Å². The second kappa shape index (κ2) is 6.02. The van der Waals surface area contributed by atoms with Gasteiger partial charge in [0.15, 0.2) is 0 Å². The Balaban J connectivity index is 1.86. The lowest BCUT2D eigenvalue weighted by Crippen LogP contribution is -2.52. The van der Waals surface area contributed by atoms with E-state index in [0.29, 0.717) is 11.8 Å². The van der Waals surface area contributed by atoms with E-state index in [1.807, 2.05) is 4.90 Å². The number of carbonyl (C=O) groups excluding carboxylic acids is 1. The number of nitrogens with two attached hydrogens (primary N) is 1. The van der Waals surface area contributed by atoms with Gasteiger partial charge >= 0.3 is 0 Å². The SMILES string of the molecule is CCC1CCN(C(=O)C2CCN(C)CC2)CC1N. The van der Waals surface area contributed by atoms with Gasteiger partial charge in [0.05, 0.1) is 0 Å². The summed E-state index contributed by atoms with van der Waals surface area (Å²) in [5.74, 6) is 1.20. The molecule has 0 aromatic carbocycles. The Kier molecular flexibility index (Phi) is 4.62. The molecule has 2 aliphatic rings. The Morgan fingerprint density at radius 1 is 1.22 bits per heavy atom. The Morgan fingerprint density at radius 2 is 1.89 bits per heavy atom. The maximum atomic E-state index is 12.5. The van der Waals surface area contributed by atoms with Crippen LogP contribution >= 0.6 is 0 Å². The second-order valence-electron chi connectivity index (χ2n) is 5.98. The van der Waals surface area contributed by atoms with Crippen molar-refractivity contribution in [1.82, 2.24) is 9.80 Å². The minimum atomic E-state index is 0.180. The highest BCUT2D eigenvalue weighted by atomic mass is 16.2. The molecule has 2 atom stereocenters. The van der Waals surface area contributed by atoms with Crippen molar-refractivity contribution in [1.29, 1.82) is 0 Å². The van der Waals surface area contributed by atoms with Gasteiger partial charge in [0.25, 0.3) is 0 Å². The Labute approximate surface area is 110 Å². The highest BCUT2D eigenvalue weighted by Crippen LogP contribution is 2.24. The third-order valence-corrected chi connectivity index (χ3v) is 4.71. The van der Waals surface area contributed by atoms with E-state index in [0.717, 1.165) is 51.9 Å². The van der Waals surface area contributed by atoms with E-state index in [-0.39, 0.29) is 12.0 Å². The average Bonchev–Trinajstić information content (AvgIpc) is 2.38. The summed E-state index contributed by atoms with van der Waals surface area (Å²) in [5, 5.41) is 0. The fourth-order valence-corrected chi connectivity index (χ4v) is 3.25. The zero-order chi connectivity index (χ0) is 13.1. The van der Waals surface area contributed by atoms with Crippen LogP contribution in [-0.4, -0.2) is 55.0 Å². The van der Waals surface area contributed by atoms with Gasteiger partial charge in [0.2, 0.25) is 5.91 Å². The van der Waals surface area contributed by atoms with Crippen LogP contribution in [0, 0.1) is 11.8 Å². The molecule has 0 aromatic heterocycles. The molecule has 2 heterocycles. The van der Waals surface area contributed by atoms with Crippen LogP contribution in [0.15, 0.2) is 0 Å². The maximum absolute atomic E-state index is 12.5. The molecular formula is C14H27N3O. The number of piperidine rings is 2. The normalized spacial score (nSPS) is 31.6. The molecule has 4 nitrogen and oxygen atoms in total. The van der Waals surface area contributed by atoms with Crippen molar-refractivity contribution in [3.63, 3.8) is 0 Å². The van der Waals surface area contributed by atoms with E-state index in [2.05, 4.69) is 18.9 Å². The Morgan fingerprint density at radius 3 is 2.44 bits per heavy atom. The van der Waals surface area contributed by atoms with Crippen molar-refractivity contribution >= 4 is 5.91 Å². The molecule has 2 aliphatic heterocycles. The van der Waals surface area contributed by atoms with Gasteiger partial charge in [-0.05, 0) is 45.3 Å². The van der Waals surface area contributed by atoms with E-state index in [9.17, 15) is 4.79 Å². The highest BCUT2D eigenvalue weighted by Gasteiger charge is 2.32. The third kappa shape index (κ3) is 3.04. The number of carbonyl (C=O) groups is 1. The summed E-state index contributed by atoms with van der Waals surface area (Å²) < 4.78 is 0. The van der Waals surface area contributed by atoms with E-state index in [4.69, 9.17) is 5.73 Å². The molecule has 2 N–H and O–H groups in total. The van der Waals surface area contributed by atoms with Crippen LogP contribution in [0.3, 0.4) is 0 Å². The fourth-order valence-electron chi connectivity index (χ4n) is 3.25. The van der Waals surface area contributed by atoms with Crippen molar-refractivity contribution in [2.75, 3.05) is 33.2 Å². The molecule has 1 amide bonds. The van der Waals surface area contributed by atoms with Gasteiger partial charge in [-0.2, -0.15) is 0 Å². The summed E-state index contributed by atoms with van der Waals surface area (Å²) in [6.07, 6.45) is 4.24. The minimum Gasteiger partial charge on any atom is -0.341 e. The molecule has 0 aliphatic carbocycles. The topological polar surface area (TPSA) is 49.6 Å². The summed E-state index contributed by atoms with van der Waals surface area (Å²) in [4.78, 5) is 16.8. The number of nitrogens with zero attached hydrogens (tertiary/aromatic N) is 2. The van der Waals surface area contributed by atoms with Crippen LogP contribution < -0.4 is 5.73 Å². The first kappa shape index (κ1) is 13.8. The van der Waals surface area contributed by atoms with E-state index < -0.39 is 0 Å². The van der Waals surface area contributed by atoms with Crippen molar-refractivity contribution in [2.45, 2.75) is 38.6 Å². The summed E-state index contributed by atoms with van der Waals surface area (Å²) >= 11 is 0. The van der Waals surface area contributed by atoms with Gasteiger partial charge in [-0.15, -0.1) is 0 Å². The fraction of sp³-hybridized carbons (Fsp3) is 0.929. The first-order valence-corrected chi connectivity index (χ1v) is 7.34. The monoisotopic (exact) mass is 253 g/mol. The first-order valence-electron chi connectivity index (χ1n) is 7.34. The largest absolute Gasteiger partial charge is 0.341 e. The molecule has 4 heteroatoms. The first-order chi connectivity index (χ1) is 8.61. The summed E-state index contributed by atoms with van der Waals surface area (Å²) in [7, 11) is 2.13.